The van der Waals surface area contributed by atoms with Gasteiger partial charge in [0.05, 0.1) is 6.54 Å². The Morgan fingerprint density at radius 3 is 2.32 bits per heavy atom. The first-order valence-corrected chi connectivity index (χ1v) is 8.71. The Hall–Kier alpha value is -0.850. The average Bonchev–Trinajstić information content (AvgIpc) is 2.58. The first-order chi connectivity index (χ1) is 11.2. The summed E-state index contributed by atoms with van der Waals surface area (Å²) in [6, 6.07) is 10.9. The summed E-state index contributed by atoms with van der Waals surface area (Å²) >= 11 is 0. The highest BCUT2D eigenvalue weighted by atomic mass is 35.5. The standard InChI is InChI=1S/C18H28N4O.2ClH/c1-16-13-19-7-8-22(16)18(23)15-21-11-9-20(10-12-21)14-17-5-3-2-4-6-17;;/h2-6,16,19H,7-15H2,1H3;2*1H/t16-;;/m1../s1. The van der Waals surface area contributed by atoms with Crippen molar-refractivity contribution in [3.05, 3.63) is 35.9 Å². The molecule has 5 nitrogen and oxygen atoms in total. The minimum absolute atomic E-state index is 0. The van der Waals surface area contributed by atoms with Gasteiger partial charge in [-0.2, -0.15) is 0 Å². The molecule has 1 atom stereocenters. The van der Waals surface area contributed by atoms with Crippen molar-refractivity contribution >= 4 is 30.7 Å². The second-order valence-corrected chi connectivity index (χ2v) is 6.68. The third-order valence-electron chi connectivity index (χ3n) is 4.89. The van der Waals surface area contributed by atoms with Crippen molar-refractivity contribution in [3.63, 3.8) is 0 Å². The van der Waals surface area contributed by atoms with Crippen LogP contribution in [0, 0.1) is 0 Å². The number of rotatable bonds is 4. The summed E-state index contributed by atoms with van der Waals surface area (Å²) < 4.78 is 0. The van der Waals surface area contributed by atoms with Gasteiger partial charge in [0.1, 0.15) is 0 Å². The van der Waals surface area contributed by atoms with Crippen LogP contribution in [0.3, 0.4) is 0 Å². The van der Waals surface area contributed by atoms with Crippen molar-refractivity contribution in [2.45, 2.75) is 19.5 Å². The van der Waals surface area contributed by atoms with Crippen LogP contribution in [0.15, 0.2) is 30.3 Å². The van der Waals surface area contributed by atoms with Gasteiger partial charge in [0.25, 0.3) is 0 Å². The fourth-order valence-corrected chi connectivity index (χ4v) is 3.44. The Bertz CT molecular complexity index is 509. The molecule has 2 saturated heterocycles. The number of halogens is 2. The summed E-state index contributed by atoms with van der Waals surface area (Å²) in [5.74, 6) is 0.288. The summed E-state index contributed by atoms with van der Waals surface area (Å²) in [6.45, 7) is 10.4. The van der Waals surface area contributed by atoms with Gasteiger partial charge in [-0.3, -0.25) is 14.6 Å². The molecule has 7 heteroatoms. The Kier molecular flexibility index (Phi) is 9.75. The summed E-state index contributed by atoms with van der Waals surface area (Å²) in [4.78, 5) is 19.3. The number of nitrogens with one attached hydrogen (secondary N) is 1. The van der Waals surface area contributed by atoms with Crippen molar-refractivity contribution in [3.8, 4) is 0 Å². The van der Waals surface area contributed by atoms with E-state index < -0.39 is 0 Å². The van der Waals surface area contributed by atoms with E-state index in [9.17, 15) is 4.79 Å². The first kappa shape index (κ1) is 22.2. The van der Waals surface area contributed by atoms with E-state index in [4.69, 9.17) is 0 Å². The van der Waals surface area contributed by atoms with Crippen molar-refractivity contribution in [1.82, 2.24) is 20.0 Å². The van der Waals surface area contributed by atoms with Gasteiger partial charge in [-0.25, -0.2) is 0 Å². The fraction of sp³-hybridized carbons (Fsp3) is 0.611. The Morgan fingerprint density at radius 2 is 1.68 bits per heavy atom. The van der Waals surface area contributed by atoms with Crippen LogP contribution in [0.25, 0.3) is 0 Å². The van der Waals surface area contributed by atoms with Crippen molar-refractivity contribution in [2.75, 3.05) is 52.4 Å². The van der Waals surface area contributed by atoms with Crippen LogP contribution in [0.5, 0.6) is 0 Å². The average molecular weight is 389 g/mol. The summed E-state index contributed by atoms with van der Waals surface area (Å²) in [5, 5.41) is 3.34. The van der Waals surface area contributed by atoms with E-state index >= 15 is 0 Å². The molecule has 0 aromatic heterocycles. The normalized spacial score (nSPS) is 22.0. The van der Waals surface area contributed by atoms with E-state index in [1.807, 2.05) is 4.90 Å². The van der Waals surface area contributed by atoms with Crippen LogP contribution in [0.2, 0.25) is 0 Å². The molecule has 2 fully saturated rings. The monoisotopic (exact) mass is 388 g/mol. The van der Waals surface area contributed by atoms with Crippen LogP contribution >= 0.6 is 24.8 Å². The molecule has 0 bridgehead atoms. The highest BCUT2D eigenvalue weighted by Gasteiger charge is 2.26. The summed E-state index contributed by atoms with van der Waals surface area (Å²) in [7, 11) is 0. The largest absolute Gasteiger partial charge is 0.336 e. The van der Waals surface area contributed by atoms with Crippen molar-refractivity contribution < 1.29 is 4.79 Å². The maximum absolute atomic E-state index is 12.5. The predicted octanol–water partition coefficient (Wildman–Crippen LogP) is 1.47. The Balaban J connectivity index is 0.00000156. The maximum Gasteiger partial charge on any atom is 0.237 e. The molecule has 2 heterocycles. The van der Waals surface area contributed by atoms with E-state index in [1.165, 1.54) is 5.56 Å². The van der Waals surface area contributed by atoms with Gasteiger partial charge in [0.2, 0.25) is 5.91 Å². The van der Waals surface area contributed by atoms with E-state index in [2.05, 4.69) is 52.4 Å². The smallest absolute Gasteiger partial charge is 0.237 e. The molecule has 0 spiro atoms. The molecule has 0 radical (unpaired) electrons. The minimum Gasteiger partial charge on any atom is -0.336 e. The van der Waals surface area contributed by atoms with Gasteiger partial charge in [-0.05, 0) is 12.5 Å². The second kappa shape index (κ2) is 11.0. The number of carbonyl (C=O) groups excluding carboxylic acids is 1. The summed E-state index contributed by atoms with van der Waals surface area (Å²) in [6.07, 6.45) is 0. The highest BCUT2D eigenvalue weighted by molar-refractivity contribution is 5.85. The lowest BCUT2D eigenvalue weighted by atomic mass is 10.2. The molecule has 3 rings (SSSR count). The molecule has 142 valence electrons. The van der Waals surface area contributed by atoms with E-state index in [1.54, 1.807) is 0 Å². The van der Waals surface area contributed by atoms with Gasteiger partial charge < -0.3 is 10.2 Å². The van der Waals surface area contributed by atoms with E-state index in [0.29, 0.717) is 12.6 Å². The van der Waals surface area contributed by atoms with Crippen LogP contribution in [0.4, 0.5) is 0 Å². The Morgan fingerprint density at radius 1 is 1.04 bits per heavy atom. The van der Waals surface area contributed by atoms with Crippen LogP contribution in [-0.4, -0.2) is 79.0 Å². The molecule has 2 aliphatic heterocycles. The van der Waals surface area contributed by atoms with Gasteiger partial charge in [-0.15, -0.1) is 24.8 Å². The number of hydrogen-bond donors (Lipinski definition) is 1. The third kappa shape index (κ3) is 6.42. The predicted molar refractivity (Wildman–Crippen MR) is 107 cm³/mol. The number of hydrogen-bond acceptors (Lipinski definition) is 4. The van der Waals surface area contributed by atoms with Gasteiger partial charge in [-0.1, -0.05) is 30.3 Å². The van der Waals surface area contributed by atoms with Crippen LogP contribution < -0.4 is 5.32 Å². The van der Waals surface area contributed by atoms with E-state index in [0.717, 1.165) is 52.4 Å². The topological polar surface area (TPSA) is 38.8 Å². The lowest BCUT2D eigenvalue weighted by molar-refractivity contribution is -0.135. The molecular weight excluding hydrogens is 359 g/mol. The highest BCUT2D eigenvalue weighted by Crippen LogP contribution is 2.10. The molecule has 0 aliphatic carbocycles. The van der Waals surface area contributed by atoms with Crippen LogP contribution in [-0.2, 0) is 11.3 Å². The Labute approximate surface area is 163 Å². The molecular formula is C18H30Cl2N4O. The number of amides is 1. The fourth-order valence-electron chi connectivity index (χ4n) is 3.44. The van der Waals surface area contributed by atoms with Gasteiger partial charge >= 0.3 is 0 Å². The van der Waals surface area contributed by atoms with Gasteiger partial charge in [0, 0.05) is 58.4 Å². The zero-order valence-corrected chi connectivity index (χ0v) is 16.5. The zero-order valence-electron chi connectivity index (χ0n) is 14.9. The van der Waals surface area contributed by atoms with Crippen molar-refractivity contribution in [2.24, 2.45) is 0 Å². The molecule has 25 heavy (non-hydrogen) atoms. The maximum atomic E-state index is 12.5. The third-order valence-corrected chi connectivity index (χ3v) is 4.89. The molecule has 0 saturated carbocycles. The molecule has 1 aromatic carbocycles. The molecule has 1 amide bonds. The van der Waals surface area contributed by atoms with Crippen LogP contribution in [0.1, 0.15) is 12.5 Å². The lowest BCUT2D eigenvalue weighted by Crippen LogP contribution is -2.56. The number of nitrogens with zero attached hydrogens (tertiary/aromatic N) is 3. The molecule has 1 aromatic rings. The quantitative estimate of drug-likeness (QED) is 0.847. The number of carbonyl (C=O) groups is 1. The minimum atomic E-state index is 0. The molecule has 1 N–H and O–H groups in total. The number of benzene rings is 1. The van der Waals surface area contributed by atoms with Gasteiger partial charge in [0.15, 0.2) is 0 Å². The first-order valence-electron chi connectivity index (χ1n) is 8.71. The van der Waals surface area contributed by atoms with E-state index in [-0.39, 0.29) is 30.7 Å². The number of piperazine rings is 2. The molecule has 2 aliphatic rings. The zero-order chi connectivity index (χ0) is 16.1. The van der Waals surface area contributed by atoms with Crippen molar-refractivity contribution in [1.29, 1.82) is 0 Å². The summed E-state index contributed by atoms with van der Waals surface area (Å²) in [5.41, 5.74) is 1.37. The second-order valence-electron chi connectivity index (χ2n) is 6.68. The lowest BCUT2D eigenvalue weighted by Gasteiger charge is -2.38. The SMILES string of the molecule is C[C@@H]1CNCCN1C(=O)CN1CCN(Cc2ccccc2)CC1.Cl.Cl. The molecule has 0 unspecified atom stereocenters.